The Kier molecular flexibility index (Phi) is 5.32. The smallest absolute Gasteiger partial charge is 0.0975 e. The zero-order valence-electron chi connectivity index (χ0n) is 12.9. The summed E-state index contributed by atoms with van der Waals surface area (Å²) in [6, 6.07) is 9.09. The normalized spacial score (nSPS) is 11.2. The number of rotatable bonds is 6. The van der Waals surface area contributed by atoms with Gasteiger partial charge in [-0.15, -0.1) is 11.3 Å². The topological polar surface area (TPSA) is 24.9 Å². The summed E-state index contributed by atoms with van der Waals surface area (Å²) in [5, 5.41) is 4.73. The van der Waals surface area contributed by atoms with Crippen molar-refractivity contribution in [3.05, 3.63) is 51.0 Å². The van der Waals surface area contributed by atoms with Crippen molar-refractivity contribution in [3.63, 3.8) is 0 Å². The fraction of sp³-hybridized carbons (Fsp3) is 0.471. The van der Waals surface area contributed by atoms with Crippen LogP contribution in [0, 0.1) is 6.92 Å². The molecule has 0 unspecified atom stereocenters. The maximum absolute atomic E-state index is 4.82. The second-order valence-electron chi connectivity index (χ2n) is 5.47. The van der Waals surface area contributed by atoms with Crippen LogP contribution in [0.4, 0.5) is 0 Å². The molecule has 0 fully saturated rings. The molecule has 1 aromatic heterocycles. The summed E-state index contributed by atoms with van der Waals surface area (Å²) in [5.74, 6) is 0. The number of hydrogen-bond acceptors (Lipinski definition) is 3. The van der Waals surface area contributed by atoms with Gasteiger partial charge in [-0.1, -0.05) is 45.0 Å². The van der Waals surface area contributed by atoms with Crippen molar-refractivity contribution in [1.29, 1.82) is 0 Å². The number of nitrogens with one attached hydrogen (secondary N) is 1. The third-order valence-corrected chi connectivity index (χ3v) is 4.53. The van der Waals surface area contributed by atoms with Crippen LogP contribution < -0.4 is 5.32 Å². The number of benzene rings is 1. The standard InChI is InChI=1S/C17H24N2S/c1-5-15-16(11-18-12(2)3)20-17(19-15)10-14-9-7-6-8-13(14)4/h6-9,12,18H,5,10-11H2,1-4H3. The lowest BCUT2D eigenvalue weighted by molar-refractivity contribution is 0.590. The van der Waals surface area contributed by atoms with Gasteiger partial charge in [-0.25, -0.2) is 4.98 Å². The number of hydrogen-bond donors (Lipinski definition) is 1. The summed E-state index contributed by atoms with van der Waals surface area (Å²) in [6.07, 6.45) is 1.96. The summed E-state index contributed by atoms with van der Waals surface area (Å²) in [5.41, 5.74) is 3.99. The van der Waals surface area contributed by atoms with Gasteiger partial charge in [0.15, 0.2) is 0 Å². The lowest BCUT2D eigenvalue weighted by atomic mass is 10.1. The first-order valence-electron chi connectivity index (χ1n) is 7.35. The first kappa shape index (κ1) is 15.2. The van der Waals surface area contributed by atoms with Crippen molar-refractivity contribution in [2.75, 3.05) is 0 Å². The Morgan fingerprint density at radius 2 is 2.00 bits per heavy atom. The summed E-state index contributed by atoms with van der Waals surface area (Å²) >= 11 is 1.86. The van der Waals surface area contributed by atoms with Crippen molar-refractivity contribution < 1.29 is 0 Å². The average Bonchev–Trinajstić information content (AvgIpc) is 2.81. The van der Waals surface area contributed by atoms with Crippen LogP contribution in [0.1, 0.15) is 47.5 Å². The summed E-state index contributed by atoms with van der Waals surface area (Å²) < 4.78 is 0. The molecule has 0 aliphatic rings. The largest absolute Gasteiger partial charge is 0.310 e. The van der Waals surface area contributed by atoms with Gasteiger partial charge in [-0.2, -0.15) is 0 Å². The first-order valence-corrected chi connectivity index (χ1v) is 8.17. The molecule has 2 rings (SSSR count). The maximum Gasteiger partial charge on any atom is 0.0975 e. The Morgan fingerprint density at radius 1 is 1.25 bits per heavy atom. The molecule has 1 aromatic carbocycles. The SMILES string of the molecule is CCc1nc(Cc2ccccc2C)sc1CNC(C)C. The second kappa shape index (κ2) is 7.00. The van der Waals surface area contributed by atoms with Crippen LogP contribution in [-0.4, -0.2) is 11.0 Å². The molecular weight excluding hydrogens is 264 g/mol. The fourth-order valence-electron chi connectivity index (χ4n) is 2.19. The summed E-state index contributed by atoms with van der Waals surface area (Å²) in [7, 11) is 0. The minimum absolute atomic E-state index is 0.515. The number of nitrogens with zero attached hydrogens (tertiary/aromatic N) is 1. The number of thiazole rings is 1. The van der Waals surface area contributed by atoms with Crippen LogP contribution in [0.2, 0.25) is 0 Å². The van der Waals surface area contributed by atoms with Crippen LogP contribution in [0.3, 0.4) is 0 Å². The number of aromatic nitrogens is 1. The van der Waals surface area contributed by atoms with Gasteiger partial charge >= 0.3 is 0 Å². The van der Waals surface area contributed by atoms with E-state index in [1.54, 1.807) is 0 Å². The minimum atomic E-state index is 0.515. The van der Waals surface area contributed by atoms with Crippen molar-refractivity contribution in [2.45, 2.75) is 53.1 Å². The van der Waals surface area contributed by atoms with Crippen LogP contribution in [-0.2, 0) is 19.4 Å². The molecule has 1 N–H and O–H groups in total. The molecule has 0 atom stereocenters. The molecule has 0 bridgehead atoms. The molecule has 2 nitrogen and oxygen atoms in total. The van der Waals surface area contributed by atoms with Crippen LogP contribution in [0.5, 0.6) is 0 Å². The first-order chi connectivity index (χ1) is 9.60. The van der Waals surface area contributed by atoms with Crippen LogP contribution >= 0.6 is 11.3 Å². The molecule has 0 aliphatic heterocycles. The predicted octanol–water partition coefficient (Wildman–Crippen LogP) is 4.10. The quantitative estimate of drug-likeness (QED) is 0.865. The minimum Gasteiger partial charge on any atom is -0.310 e. The molecule has 3 heteroatoms. The lowest BCUT2D eigenvalue weighted by Crippen LogP contribution is -2.21. The average molecular weight is 288 g/mol. The molecule has 108 valence electrons. The van der Waals surface area contributed by atoms with Gasteiger partial charge in [0.25, 0.3) is 0 Å². The maximum atomic E-state index is 4.82. The Morgan fingerprint density at radius 3 is 2.65 bits per heavy atom. The Hall–Kier alpha value is -1.19. The predicted molar refractivity (Wildman–Crippen MR) is 87.5 cm³/mol. The highest BCUT2D eigenvalue weighted by atomic mass is 32.1. The molecule has 0 radical (unpaired) electrons. The van der Waals surface area contributed by atoms with E-state index in [0.29, 0.717) is 6.04 Å². The van der Waals surface area contributed by atoms with Gasteiger partial charge in [0.1, 0.15) is 0 Å². The van der Waals surface area contributed by atoms with E-state index in [0.717, 1.165) is 19.4 Å². The Balaban J connectivity index is 2.15. The van der Waals surface area contributed by atoms with Crippen molar-refractivity contribution in [2.24, 2.45) is 0 Å². The van der Waals surface area contributed by atoms with E-state index in [4.69, 9.17) is 4.98 Å². The van der Waals surface area contributed by atoms with Crippen molar-refractivity contribution in [1.82, 2.24) is 10.3 Å². The molecular formula is C17H24N2S. The highest BCUT2D eigenvalue weighted by molar-refractivity contribution is 7.11. The molecule has 2 aromatic rings. The van der Waals surface area contributed by atoms with E-state index in [9.17, 15) is 0 Å². The van der Waals surface area contributed by atoms with E-state index in [-0.39, 0.29) is 0 Å². The van der Waals surface area contributed by atoms with Crippen molar-refractivity contribution in [3.8, 4) is 0 Å². The van der Waals surface area contributed by atoms with Gasteiger partial charge in [0, 0.05) is 23.9 Å². The van der Waals surface area contributed by atoms with E-state index in [2.05, 4.69) is 57.3 Å². The zero-order chi connectivity index (χ0) is 14.5. The zero-order valence-corrected chi connectivity index (χ0v) is 13.7. The molecule has 1 heterocycles. The van der Waals surface area contributed by atoms with Gasteiger partial charge in [0.05, 0.1) is 10.7 Å². The van der Waals surface area contributed by atoms with Crippen LogP contribution in [0.25, 0.3) is 0 Å². The summed E-state index contributed by atoms with van der Waals surface area (Å²) in [4.78, 5) is 6.21. The van der Waals surface area contributed by atoms with Gasteiger partial charge in [-0.3, -0.25) is 0 Å². The molecule has 0 saturated heterocycles. The molecule has 0 aliphatic carbocycles. The third-order valence-electron chi connectivity index (χ3n) is 3.43. The number of aryl methyl sites for hydroxylation is 2. The van der Waals surface area contributed by atoms with E-state index >= 15 is 0 Å². The van der Waals surface area contributed by atoms with E-state index in [1.165, 1.54) is 26.7 Å². The summed E-state index contributed by atoms with van der Waals surface area (Å²) in [6.45, 7) is 9.66. The van der Waals surface area contributed by atoms with E-state index < -0.39 is 0 Å². The molecule has 20 heavy (non-hydrogen) atoms. The van der Waals surface area contributed by atoms with Crippen LogP contribution in [0.15, 0.2) is 24.3 Å². The lowest BCUT2D eigenvalue weighted by Gasteiger charge is -2.06. The third kappa shape index (κ3) is 3.90. The Labute approximate surface area is 126 Å². The molecule has 0 saturated carbocycles. The fourth-order valence-corrected chi connectivity index (χ4v) is 3.33. The highest BCUT2D eigenvalue weighted by Crippen LogP contribution is 2.23. The molecule has 0 amide bonds. The monoisotopic (exact) mass is 288 g/mol. The molecule has 0 spiro atoms. The van der Waals surface area contributed by atoms with Gasteiger partial charge in [0.2, 0.25) is 0 Å². The van der Waals surface area contributed by atoms with Gasteiger partial charge < -0.3 is 5.32 Å². The van der Waals surface area contributed by atoms with Gasteiger partial charge in [-0.05, 0) is 24.5 Å². The van der Waals surface area contributed by atoms with E-state index in [1.807, 2.05) is 11.3 Å². The Bertz CT molecular complexity index is 558. The highest BCUT2D eigenvalue weighted by Gasteiger charge is 2.11. The van der Waals surface area contributed by atoms with Crippen molar-refractivity contribution >= 4 is 11.3 Å². The second-order valence-corrected chi connectivity index (χ2v) is 6.64.